The zero-order valence-electron chi connectivity index (χ0n) is 9.92. The third-order valence-corrected chi connectivity index (χ3v) is 4.04. The second kappa shape index (κ2) is 5.91. The topological polar surface area (TPSA) is 38.3 Å². The smallest absolute Gasteiger partial charge is 0.253 e. The fourth-order valence-corrected chi connectivity index (χ4v) is 2.56. The van der Waals surface area contributed by atoms with E-state index in [1.807, 2.05) is 0 Å². The average Bonchev–Trinajstić information content (AvgIpc) is 2.40. The van der Waals surface area contributed by atoms with Crippen molar-refractivity contribution < 1.29 is 9.53 Å². The van der Waals surface area contributed by atoms with Crippen molar-refractivity contribution in [3.63, 3.8) is 0 Å². The number of amides is 1. The minimum absolute atomic E-state index is 0.178. The van der Waals surface area contributed by atoms with Gasteiger partial charge in [-0.05, 0) is 25.0 Å². The molecule has 0 radical (unpaired) electrons. The van der Waals surface area contributed by atoms with Crippen molar-refractivity contribution in [1.82, 2.24) is 5.32 Å². The van der Waals surface area contributed by atoms with Crippen LogP contribution in [0.4, 0.5) is 0 Å². The van der Waals surface area contributed by atoms with Gasteiger partial charge in [-0.15, -0.1) is 11.6 Å². The highest BCUT2D eigenvalue weighted by Crippen LogP contribution is 2.24. The molecule has 1 saturated heterocycles. The summed E-state index contributed by atoms with van der Waals surface area (Å²) in [6.45, 7) is 1.24. The molecule has 1 aromatic carbocycles. The Hall–Kier alpha value is -0.770. The molecule has 0 bridgehead atoms. The van der Waals surface area contributed by atoms with E-state index in [9.17, 15) is 4.79 Å². The Morgan fingerprint density at radius 3 is 2.61 bits per heavy atom. The Labute approximate surface area is 116 Å². The Bertz CT molecular complexity index is 431. The first-order valence-corrected chi connectivity index (χ1v) is 6.79. The molecule has 1 aromatic rings. The number of rotatable bonds is 3. The van der Waals surface area contributed by atoms with Gasteiger partial charge in [-0.25, -0.2) is 0 Å². The number of carbonyl (C=O) groups excluding carboxylic acids is 1. The van der Waals surface area contributed by atoms with Crippen LogP contribution in [0.25, 0.3) is 0 Å². The van der Waals surface area contributed by atoms with E-state index in [-0.39, 0.29) is 11.4 Å². The highest BCUT2D eigenvalue weighted by molar-refractivity contribution is 6.33. The summed E-state index contributed by atoms with van der Waals surface area (Å²) in [5.74, 6) is 0.204. The maximum absolute atomic E-state index is 12.2. The lowest BCUT2D eigenvalue weighted by Gasteiger charge is -2.36. The Morgan fingerprint density at radius 2 is 2.00 bits per heavy atom. The zero-order valence-corrected chi connectivity index (χ0v) is 11.4. The largest absolute Gasteiger partial charge is 0.381 e. The van der Waals surface area contributed by atoms with Gasteiger partial charge in [0.05, 0.1) is 16.1 Å². The lowest BCUT2D eigenvalue weighted by Crippen LogP contribution is -2.53. The van der Waals surface area contributed by atoms with Crippen molar-refractivity contribution in [2.45, 2.75) is 18.4 Å². The Kier molecular flexibility index (Phi) is 4.49. The van der Waals surface area contributed by atoms with Gasteiger partial charge in [0.1, 0.15) is 0 Å². The van der Waals surface area contributed by atoms with E-state index < -0.39 is 0 Å². The summed E-state index contributed by atoms with van der Waals surface area (Å²) in [5.41, 5.74) is 0.103. The number of benzene rings is 1. The molecule has 18 heavy (non-hydrogen) atoms. The van der Waals surface area contributed by atoms with Gasteiger partial charge in [0.15, 0.2) is 0 Å². The summed E-state index contributed by atoms with van der Waals surface area (Å²) < 4.78 is 5.30. The molecule has 1 aliphatic rings. The first-order valence-electron chi connectivity index (χ1n) is 5.88. The van der Waals surface area contributed by atoms with Crippen LogP contribution in [0.15, 0.2) is 24.3 Å². The molecule has 0 spiro atoms. The summed E-state index contributed by atoms with van der Waals surface area (Å²) in [6.07, 6.45) is 1.46. The molecular formula is C13H15Cl2NO2. The van der Waals surface area contributed by atoms with Gasteiger partial charge in [0.2, 0.25) is 0 Å². The molecule has 1 fully saturated rings. The number of halogens is 2. The minimum Gasteiger partial charge on any atom is -0.381 e. The molecule has 1 aliphatic heterocycles. The highest BCUT2D eigenvalue weighted by atomic mass is 35.5. The van der Waals surface area contributed by atoms with Crippen LogP contribution in [0.3, 0.4) is 0 Å². The summed E-state index contributed by atoms with van der Waals surface area (Å²) in [5, 5.41) is 3.45. The Balaban J connectivity index is 2.13. The summed E-state index contributed by atoms with van der Waals surface area (Å²) in [6, 6.07) is 7.00. The summed E-state index contributed by atoms with van der Waals surface area (Å²) >= 11 is 12.0. The van der Waals surface area contributed by atoms with Crippen LogP contribution in [0, 0.1) is 0 Å². The molecule has 0 aliphatic carbocycles. The molecule has 3 nitrogen and oxygen atoms in total. The number of hydrogen-bond donors (Lipinski definition) is 1. The molecule has 0 unspecified atom stereocenters. The van der Waals surface area contributed by atoms with Crippen LogP contribution in [0.1, 0.15) is 23.2 Å². The van der Waals surface area contributed by atoms with Crippen molar-refractivity contribution in [3.05, 3.63) is 34.9 Å². The van der Waals surface area contributed by atoms with Crippen LogP contribution < -0.4 is 5.32 Å². The predicted molar refractivity (Wildman–Crippen MR) is 72.4 cm³/mol. The lowest BCUT2D eigenvalue weighted by molar-refractivity contribution is 0.0434. The first kappa shape index (κ1) is 13.7. The maximum Gasteiger partial charge on any atom is 0.253 e. The minimum atomic E-state index is -0.379. The predicted octanol–water partition coefficient (Wildman–Crippen LogP) is 2.86. The van der Waals surface area contributed by atoms with Crippen LogP contribution >= 0.6 is 23.2 Å². The van der Waals surface area contributed by atoms with Crippen LogP contribution in [-0.4, -0.2) is 30.5 Å². The SMILES string of the molecule is O=C(NC1(CCl)CCOCC1)c1ccccc1Cl. The number of nitrogens with one attached hydrogen (secondary N) is 1. The molecule has 0 saturated carbocycles. The van der Waals surface area contributed by atoms with Gasteiger partial charge in [-0.3, -0.25) is 4.79 Å². The third kappa shape index (κ3) is 2.97. The van der Waals surface area contributed by atoms with Gasteiger partial charge in [0.25, 0.3) is 5.91 Å². The molecule has 1 amide bonds. The maximum atomic E-state index is 12.2. The molecule has 0 aromatic heterocycles. The van der Waals surface area contributed by atoms with E-state index in [0.717, 1.165) is 12.8 Å². The third-order valence-electron chi connectivity index (χ3n) is 3.20. The molecule has 0 atom stereocenters. The van der Waals surface area contributed by atoms with Crippen molar-refractivity contribution >= 4 is 29.1 Å². The van der Waals surface area contributed by atoms with Crippen molar-refractivity contribution in [3.8, 4) is 0 Å². The second-order valence-electron chi connectivity index (χ2n) is 4.46. The number of alkyl halides is 1. The normalized spacial score (nSPS) is 18.3. The van der Waals surface area contributed by atoms with E-state index in [1.54, 1.807) is 24.3 Å². The fourth-order valence-electron chi connectivity index (χ4n) is 2.01. The number of hydrogen-bond acceptors (Lipinski definition) is 2. The highest BCUT2D eigenvalue weighted by Gasteiger charge is 2.33. The van der Waals surface area contributed by atoms with Gasteiger partial charge >= 0.3 is 0 Å². The summed E-state index contributed by atoms with van der Waals surface area (Å²) in [4.78, 5) is 12.2. The molecule has 1 N–H and O–H groups in total. The van der Waals surface area contributed by atoms with Crippen LogP contribution in [0.5, 0.6) is 0 Å². The van der Waals surface area contributed by atoms with Crippen molar-refractivity contribution in [2.75, 3.05) is 19.1 Å². The van der Waals surface area contributed by atoms with Crippen molar-refractivity contribution in [2.24, 2.45) is 0 Å². The van der Waals surface area contributed by atoms with Crippen molar-refractivity contribution in [1.29, 1.82) is 0 Å². The standard InChI is InChI=1S/C13H15Cl2NO2/c14-9-13(5-7-18-8-6-13)16-12(17)10-3-1-2-4-11(10)15/h1-4H,5-9H2,(H,16,17). The van der Waals surface area contributed by atoms with Gasteiger partial charge in [-0.2, -0.15) is 0 Å². The molecular weight excluding hydrogens is 273 g/mol. The molecule has 5 heteroatoms. The molecule has 1 heterocycles. The first-order chi connectivity index (χ1) is 8.67. The van der Waals surface area contributed by atoms with Gasteiger partial charge in [-0.1, -0.05) is 23.7 Å². The summed E-state index contributed by atoms with van der Waals surface area (Å²) in [7, 11) is 0. The van der Waals surface area contributed by atoms with Crippen LogP contribution in [-0.2, 0) is 4.74 Å². The molecule has 2 rings (SSSR count). The number of ether oxygens (including phenoxy) is 1. The number of carbonyl (C=O) groups is 1. The van der Waals surface area contributed by atoms with Crippen LogP contribution in [0.2, 0.25) is 5.02 Å². The lowest BCUT2D eigenvalue weighted by atomic mass is 9.92. The van der Waals surface area contributed by atoms with Gasteiger partial charge < -0.3 is 10.1 Å². The molecule has 98 valence electrons. The van der Waals surface area contributed by atoms with E-state index in [0.29, 0.717) is 29.7 Å². The Morgan fingerprint density at radius 1 is 1.33 bits per heavy atom. The zero-order chi connectivity index (χ0) is 13.0. The quantitative estimate of drug-likeness (QED) is 0.869. The van der Waals surface area contributed by atoms with E-state index in [4.69, 9.17) is 27.9 Å². The van der Waals surface area contributed by atoms with E-state index in [2.05, 4.69) is 5.32 Å². The fraction of sp³-hybridized carbons (Fsp3) is 0.462. The van der Waals surface area contributed by atoms with E-state index in [1.165, 1.54) is 0 Å². The average molecular weight is 288 g/mol. The van der Waals surface area contributed by atoms with E-state index >= 15 is 0 Å². The second-order valence-corrected chi connectivity index (χ2v) is 5.13. The van der Waals surface area contributed by atoms with Gasteiger partial charge in [0, 0.05) is 19.1 Å². The monoisotopic (exact) mass is 287 g/mol.